The minimum atomic E-state index is -1.46. The number of carbonyl (C=O) groups is 1. The second kappa shape index (κ2) is 8.36. The quantitative estimate of drug-likeness (QED) is 0.592. The van der Waals surface area contributed by atoms with E-state index in [1.165, 1.54) is 13.1 Å². The molecule has 3 aromatic rings. The second-order valence-electron chi connectivity index (χ2n) is 8.07. The highest BCUT2D eigenvalue weighted by Crippen LogP contribution is 2.26. The number of rotatable bonds is 4. The van der Waals surface area contributed by atoms with Gasteiger partial charge < -0.3 is 14.6 Å². The maximum absolute atomic E-state index is 15.3. The van der Waals surface area contributed by atoms with Gasteiger partial charge in [0.1, 0.15) is 16.9 Å². The number of hydrogen-bond acceptors (Lipinski definition) is 6. The van der Waals surface area contributed by atoms with Gasteiger partial charge in [0, 0.05) is 46.0 Å². The van der Waals surface area contributed by atoms with Gasteiger partial charge in [0.25, 0.3) is 11.5 Å². The van der Waals surface area contributed by atoms with Gasteiger partial charge in [0.2, 0.25) is 5.95 Å². The zero-order valence-electron chi connectivity index (χ0n) is 18.0. The van der Waals surface area contributed by atoms with E-state index >= 15 is 4.39 Å². The monoisotopic (exact) mass is 452 g/mol. The third-order valence-electron chi connectivity index (χ3n) is 6.14. The van der Waals surface area contributed by atoms with Crippen molar-refractivity contribution in [3.05, 3.63) is 75.1 Å². The van der Waals surface area contributed by atoms with Crippen molar-refractivity contribution in [3.63, 3.8) is 0 Å². The lowest BCUT2D eigenvalue weighted by molar-refractivity contribution is 0.0957. The molecule has 0 radical (unpaired) electrons. The van der Waals surface area contributed by atoms with Gasteiger partial charge in [0.15, 0.2) is 6.17 Å². The van der Waals surface area contributed by atoms with Crippen molar-refractivity contribution >= 4 is 23.2 Å². The third-order valence-corrected chi connectivity index (χ3v) is 6.14. The first kappa shape index (κ1) is 21.2. The molecule has 0 saturated carbocycles. The molecule has 33 heavy (non-hydrogen) atoms. The van der Waals surface area contributed by atoms with E-state index in [-0.39, 0.29) is 11.4 Å². The van der Waals surface area contributed by atoms with Gasteiger partial charge in [-0.3, -0.25) is 14.5 Å². The Kier molecular flexibility index (Phi) is 5.37. The average Bonchev–Trinajstić information content (AvgIpc) is 3.32. The number of fused-ring (bicyclic) bond motifs is 3. The average molecular weight is 452 g/mol. The fraction of sp³-hybridized carbons (Fsp3) is 0.304. The molecule has 8 nitrogen and oxygen atoms in total. The Morgan fingerprint density at radius 3 is 2.67 bits per heavy atom. The summed E-state index contributed by atoms with van der Waals surface area (Å²) < 4.78 is 31.4. The van der Waals surface area contributed by atoms with Crippen LogP contribution in [-0.4, -0.2) is 64.9 Å². The van der Waals surface area contributed by atoms with Crippen molar-refractivity contribution in [1.82, 2.24) is 24.6 Å². The molecule has 170 valence electrons. The van der Waals surface area contributed by atoms with E-state index in [1.807, 2.05) is 4.90 Å². The second-order valence-corrected chi connectivity index (χ2v) is 8.07. The highest BCUT2D eigenvalue weighted by molar-refractivity contribution is 5.92. The molecule has 3 aromatic heterocycles. The maximum atomic E-state index is 15.3. The van der Waals surface area contributed by atoms with Crippen molar-refractivity contribution in [1.29, 1.82) is 0 Å². The Morgan fingerprint density at radius 1 is 1.15 bits per heavy atom. The number of carbonyl (C=O) groups excluding carboxylic acids is 1. The maximum Gasteiger partial charge on any atom is 0.294 e. The van der Waals surface area contributed by atoms with Crippen LogP contribution in [0.2, 0.25) is 0 Å². The number of amides is 1. The number of piperazine rings is 1. The van der Waals surface area contributed by atoms with Crippen LogP contribution in [0.1, 0.15) is 22.4 Å². The number of halogens is 2. The zero-order chi connectivity index (χ0) is 23.1. The van der Waals surface area contributed by atoms with Gasteiger partial charge >= 0.3 is 0 Å². The van der Waals surface area contributed by atoms with Gasteiger partial charge in [-0.2, -0.15) is 4.39 Å². The van der Waals surface area contributed by atoms with E-state index in [9.17, 15) is 14.0 Å². The van der Waals surface area contributed by atoms with Gasteiger partial charge in [-0.05, 0) is 35.9 Å². The SMILES string of the molecule is CNC(=O)c1ccc(N2CCN(CC3=CC=c4c(nc(=O)c5cccn45)C3F)CC2)c(F)n1. The molecule has 1 aliphatic heterocycles. The molecule has 0 spiro atoms. The fourth-order valence-corrected chi connectivity index (χ4v) is 4.37. The summed E-state index contributed by atoms with van der Waals surface area (Å²) in [6, 6.07) is 6.46. The van der Waals surface area contributed by atoms with Crippen LogP contribution >= 0.6 is 0 Å². The normalized spacial score (nSPS) is 18.6. The molecule has 0 aromatic carbocycles. The van der Waals surface area contributed by atoms with Gasteiger partial charge in [-0.15, -0.1) is 0 Å². The molecule has 2 aliphatic rings. The molecular formula is C23H22F2N6O2. The summed E-state index contributed by atoms with van der Waals surface area (Å²) >= 11 is 0. The lowest BCUT2D eigenvalue weighted by atomic mass is 10.0. The van der Waals surface area contributed by atoms with E-state index in [4.69, 9.17) is 0 Å². The largest absolute Gasteiger partial charge is 0.365 e. The van der Waals surface area contributed by atoms with Crippen molar-refractivity contribution in [2.75, 3.05) is 44.7 Å². The third kappa shape index (κ3) is 3.76. The van der Waals surface area contributed by atoms with Crippen molar-refractivity contribution in [2.45, 2.75) is 6.17 Å². The van der Waals surface area contributed by atoms with Crippen LogP contribution in [0.3, 0.4) is 0 Å². The Labute approximate surface area is 187 Å². The summed E-state index contributed by atoms with van der Waals surface area (Å²) in [4.78, 5) is 35.6. The van der Waals surface area contributed by atoms with E-state index < -0.39 is 23.6 Å². The molecule has 5 rings (SSSR count). The fourth-order valence-electron chi connectivity index (χ4n) is 4.37. The molecule has 1 N–H and O–H groups in total. The van der Waals surface area contributed by atoms with Crippen LogP contribution in [0, 0.1) is 5.95 Å². The summed E-state index contributed by atoms with van der Waals surface area (Å²) in [5.74, 6) is -1.13. The number of anilines is 1. The van der Waals surface area contributed by atoms with E-state index in [1.54, 1.807) is 40.9 Å². The topological polar surface area (TPSA) is 82.8 Å². The highest BCUT2D eigenvalue weighted by Gasteiger charge is 2.27. The minimum Gasteiger partial charge on any atom is -0.365 e. The Balaban J connectivity index is 1.28. The van der Waals surface area contributed by atoms with Crippen LogP contribution in [0.4, 0.5) is 14.5 Å². The standard InChI is InChI=1S/C23H22F2N6O2/c1-26-22(32)15-5-7-17(21(25)27-15)30-11-9-29(10-12-30)13-14-4-6-16-20(19(14)24)28-23(33)18-3-2-8-31(16)18/h2-8,19H,9-13H2,1H3,(H,26,32). The van der Waals surface area contributed by atoms with Crippen molar-refractivity contribution in [3.8, 4) is 0 Å². The number of pyridine rings is 1. The first-order chi connectivity index (χ1) is 16.0. The summed E-state index contributed by atoms with van der Waals surface area (Å²) in [5.41, 5.74) is 1.03. The first-order valence-electron chi connectivity index (χ1n) is 10.7. The highest BCUT2D eigenvalue weighted by atomic mass is 19.1. The van der Waals surface area contributed by atoms with Crippen molar-refractivity contribution < 1.29 is 13.6 Å². The number of nitrogens with one attached hydrogen (secondary N) is 1. The molecule has 4 heterocycles. The molecule has 1 amide bonds. The Morgan fingerprint density at radius 2 is 1.94 bits per heavy atom. The Hall–Kier alpha value is -3.66. The molecule has 1 saturated heterocycles. The molecule has 1 unspecified atom stereocenters. The van der Waals surface area contributed by atoms with Gasteiger partial charge in [0.05, 0.1) is 11.0 Å². The van der Waals surface area contributed by atoms with Crippen LogP contribution in [0.5, 0.6) is 0 Å². The zero-order valence-corrected chi connectivity index (χ0v) is 18.0. The Bertz CT molecular complexity index is 1380. The number of nitrogens with zero attached hydrogens (tertiary/aromatic N) is 5. The number of alkyl halides is 1. The first-order valence-corrected chi connectivity index (χ1v) is 10.7. The van der Waals surface area contributed by atoms with Crippen LogP contribution < -0.4 is 21.1 Å². The molecular weight excluding hydrogens is 430 g/mol. The van der Waals surface area contributed by atoms with E-state index in [0.717, 1.165) is 0 Å². The van der Waals surface area contributed by atoms with Crippen molar-refractivity contribution in [2.24, 2.45) is 0 Å². The molecule has 10 heteroatoms. The molecule has 1 fully saturated rings. The smallest absolute Gasteiger partial charge is 0.294 e. The molecule has 0 bridgehead atoms. The summed E-state index contributed by atoms with van der Waals surface area (Å²) in [7, 11) is 1.46. The summed E-state index contributed by atoms with van der Waals surface area (Å²) in [6.07, 6.45) is 3.83. The van der Waals surface area contributed by atoms with Crippen LogP contribution in [0.15, 0.2) is 46.9 Å². The number of hydrogen-bond donors (Lipinski definition) is 1. The lowest BCUT2D eigenvalue weighted by Gasteiger charge is -2.36. The van der Waals surface area contributed by atoms with Crippen LogP contribution in [-0.2, 0) is 0 Å². The number of aromatic nitrogens is 3. The molecule has 1 aliphatic carbocycles. The van der Waals surface area contributed by atoms with Gasteiger partial charge in [-0.25, -0.2) is 14.4 Å². The predicted octanol–water partition coefficient (Wildman–Crippen LogP) is 0.860. The van der Waals surface area contributed by atoms with Crippen LogP contribution in [0.25, 0.3) is 11.6 Å². The number of allylic oxidation sites excluding steroid dienone is 1. The molecule has 1 atom stereocenters. The van der Waals surface area contributed by atoms with E-state index in [0.29, 0.717) is 54.9 Å². The van der Waals surface area contributed by atoms with Gasteiger partial charge in [-0.1, -0.05) is 6.08 Å². The predicted molar refractivity (Wildman–Crippen MR) is 119 cm³/mol. The summed E-state index contributed by atoms with van der Waals surface area (Å²) in [5, 5.41) is 3.00. The lowest BCUT2D eigenvalue weighted by Crippen LogP contribution is -2.47. The minimum absolute atomic E-state index is 0.0270. The van der Waals surface area contributed by atoms with E-state index in [2.05, 4.69) is 20.2 Å². The summed E-state index contributed by atoms with van der Waals surface area (Å²) in [6.45, 7) is 2.67.